The van der Waals surface area contributed by atoms with E-state index < -0.39 is 0 Å². The molecule has 0 aliphatic carbocycles. The van der Waals surface area contributed by atoms with E-state index in [0.717, 1.165) is 31.0 Å². The van der Waals surface area contributed by atoms with Crippen molar-refractivity contribution in [3.8, 4) is 0 Å². The number of nitrogens with two attached hydrogens (primary N) is 1. The highest BCUT2D eigenvalue weighted by molar-refractivity contribution is 5.36. The fourth-order valence-corrected chi connectivity index (χ4v) is 1.42. The predicted octanol–water partition coefficient (Wildman–Crippen LogP) is 1.13. The molecule has 0 saturated heterocycles. The van der Waals surface area contributed by atoms with Crippen LogP contribution in [0.3, 0.4) is 0 Å². The third kappa shape index (κ3) is 2.73. The molecule has 0 bridgehead atoms. The summed E-state index contributed by atoms with van der Waals surface area (Å²) in [6, 6.07) is 2.04. The summed E-state index contributed by atoms with van der Waals surface area (Å²) in [6.45, 7) is 5.81. The van der Waals surface area contributed by atoms with Gasteiger partial charge in [0.1, 0.15) is 5.82 Å². The van der Waals surface area contributed by atoms with Crippen molar-refractivity contribution in [2.75, 3.05) is 18.4 Å². The highest BCUT2D eigenvalue weighted by Gasteiger charge is 2.05. The Balaban J connectivity index is 2.48. The molecular formula is C10H20N4. The highest BCUT2D eigenvalue weighted by atomic mass is 15.3. The second-order valence-electron chi connectivity index (χ2n) is 3.69. The van der Waals surface area contributed by atoms with E-state index >= 15 is 0 Å². The van der Waals surface area contributed by atoms with Crippen molar-refractivity contribution >= 4 is 5.82 Å². The zero-order valence-electron chi connectivity index (χ0n) is 9.25. The van der Waals surface area contributed by atoms with Gasteiger partial charge in [-0.3, -0.25) is 4.68 Å². The average molecular weight is 196 g/mol. The molecule has 1 rings (SSSR count). The van der Waals surface area contributed by atoms with Gasteiger partial charge in [0.25, 0.3) is 0 Å². The summed E-state index contributed by atoms with van der Waals surface area (Å²) >= 11 is 0. The Labute approximate surface area is 85.5 Å². The Bertz CT molecular complexity index is 276. The molecule has 1 aromatic heterocycles. The van der Waals surface area contributed by atoms with Crippen LogP contribution in [0.25, 0.3) is 0 Å². The van der Waals surface area contributed by atoms with Crippen LogP contribution in [0.4, 0.5) is 5.82 Å². The maximum absolute atomic E-state index is 5.63. The number of hydrogen-bond acceptors (Lipinski definition) is 3. The summed E-state index contributed by atoms with van der Waals surface area (Å²) in [5, 5.41) is 7.62. The van der Waals surface area contributed by atoms with Crippen molar-refractivity contribution in [1.29, 1.82) is 0 Å². The summed E-state index contributed by atoms with van der Waals surface area (Å²) < 4.78 is 1.86. The largest absolute Gasteiger partial charge is 0.370 e. The monoisotopic (exact) mass is 196 g/mol. The maximum Gasteiger partial charge on any atom is 0.124 e. The van der Waals surface area contributed by atoms with Gasteiger partial charge < -0.3 is 11.1 Å². The molecule has 0 spiro atoms. The van der Waals surface area contributed by atoms with E-state index in [0.29, 0.717) is 5.92 Å². The third-order valence-electron chi connectivity index (χ3n) is 2.48. The number of rotatable bonds is 5. The van der Waals surface area contributed by atoms with Gasteiger partial charge in [-0.2, -0.15) is 5.10 Å². The van der Waals surface area contributed by atoms with Gasteiger partial charge in [-0.1, -0.05) is 13.3 Å². The van der Waals surface area contributed by atoms with Crippen molar-refractivity contribution in [3.05, 3.63) is 11.8 Å². The molecule has 1 heterocycles. The van der Waals surface area contributed by atoms with Crippen LogP contribution in [-0.4, -0.2) is 22.9 Å². The van der Waals surface area contributed by atoms with Crippen molar-refractivity contribution < 1.29 is 0 Å². The number of aromatic nitrogens is 2. The van der Waals surface area contributed by atoms with E-state index in [1.54, 1.807) is 0 Å². The Kier molecular flexibility index (Phi) is 3.95. The standard InChI is InChI=1S/C10H20N4/c1-4-9(6-11)7-12-10-5-8(2)13-14(10)3/h5,9,12H,4,6-7,11H2,1-3H3. The molecule has 4 heteroatoms. The molecule has 0 aromatic carbocycles. The molecule has 0 amide bonds. The van der Waals surface area contributed by atoms with Crippen LogP contribution >= 0.6 is 0 Å². The summed E-state index contributed by atoms with van der Waals surface area (Å²) in [6.07, 6.45) is 1.11. The van der Waals surface area contributed by atoms with E-state index in [-0.39, 0.29) is 0 Å². The number of aryl methyl sites for hydroxylation is 2. The number of nitrogens with one attached hydrogen (secondary N) is 1. The van der Waals surface area contributed by atoms with Crippen LogP contribution in [0, 0.1) is 12.8 Å². The lowest BCUT2D eigenvalue weighted by molar-refractivity contribution is 0.545. The smallest absolute Gasteiger partial charge is 0.124 e. The molecule has 80 valence electrons. The van der Waals surface area contributed by atoms with Gasteiger partial charge in [0.2, 0.25) is 0 Å². The highest BCUT2D eigenvalue weighted by Crippen LogP contribution is 2.09. The lowest BCUT2D eigenvalue weighted by atomic mass is 10.1. The third-order valence-corrected chi connectivity index (χ3v) is 2.48. The van der Waals surface area contributed by atoms with Crippen LogP contribution in [0.2, 0.25) is 0 Å². The van der Waals surface area contributed by atoms with E-state index in [4.69, 9.17) is 5.73 Å². The molecule has 0 fully saturated rings. The van der Waals surface area contributed by atoms with Crippen molar-refractivity contribution in [2.24, 2.45) is 18.7 Å². The van der Waals surface area contributed by atoms with Crippen LogP contribution in [-0.2, 0) is 7.05 Å². The molecule has 4 nitrogen and oxygen atoms in total. The topological polar surface area (TPSA) is 55.9 Å². The molecule has 1 unspecified atom stereocenters. The predicted molar refractivity (Wildman–Crippen MR) is 59.3 cm³/mol. The zero-order chi connectivity index (χ0) is 10.6. The van der Waals surface area contributed by atoms with Crippen LogP contribution in [0.15, 0.2) is 6.07 Å². The van der Waals surface area contributed by atoms with Crippen LogP contribution < -0.4 is 11.1 Å². The molecule has 0 radical (unpaired) electrons. The first-order valence-electron chi connectivity index (χ1n) is 5.12. The minimum absolute atomic E-state index is 0.546. The minimum atomic E-state index is 0.546. The van der Waals surface area contributed by atoms with Crippen molar-refractivity contribution in [3.63, 3.8) is 0 Å². The Morgan fingerprint density at radius 2 is 2.36 bits per heavy atom. The molecule has 1 atom stereocenters. The summed E-state index contributed by atoms with van der Waals surface area (Å²) in [5.74, 6) is 1.61. The van der Waals surface area contributed by atoms with Crippen LogP contribution in [0.1, 0.15) is 19.0 Å². The van der Waals surface area contributed by atoms with E-state index in [2.05, 4.69) is 17.3 Å². The van der Waals surface area contributed by atoms with Gasteiger partial charge in [0.15, 0.2) is 0 Å². The lowest BCUT2D eigenvalue weighted by Crippen LogP contribution is -2.22. The molecule has 0 aliphatic heterocycles. The first kappa shape index (κ1) is 11.0. The molecule has 14 heavy (non-hydrogen) atoms. The van der Waals surface area contributed by atoms with Gasteiger partial charge in [0.05, 0.1) is 5.69 Å². The molecule has 0 aliphatic rings. The maximum atomic E-state index is 5.63. The Morgan fingerprint density at radius 3 is 2.79 bits per heavy atom. The second kappa shape index (κ2) is 5.00. The number of nitrogens with zero attached hydrogens (tertiary/aromatic N) is 2. The van der Waals surface area contributed by atoms with Gasteiger partial charge >= 0.3 is 0 Å². The normalized spacial score (nSPS) is 12.9. The minimum Gasteiger partial charge on any atom is -0.370 e. The Morgan fingerprint density at radius 1 is 1.64 bits per heavy atom. The molecule has 3 N–H and O–H groups in total. The van der Waals surface area contributed by atoms with Crippen molar-refractivity contribution in [2.45, 2.75) is 20.3 Å². The summed E-state index contributed by atoms with van der Waals surface area (Å²) in [5.41, 5.74) is 6.67. The molecule has 1 aromatic rings. The Hall–Kier alpha value is -1.03. The van der Waals surface area contributed by atoms with E-state index in [1.165, 1.54) is 0 Å². The molecule has 0 saturated carbocycles. The average Bonchev–Trinajstić information content (AvgIpc) is 2.47. The summed E-state index contributed by atoms with van der Waals surface area (Å²) in [7, 11) is 1.94. The first-order valence-corrected chi connectivity index (χ1v) is 5.12. The SMILES string of the molecule is CCC(CN)CNc1cc(C)nn1C. The first-order chi connectivity index (χ1) is 6.67. The van der Waals surface area contributed by atoms with E-state index in [9.17, 15) is 0 Å². The lowest BCUT2D eigenvalue weighted by Gasteiger charge is -2.13. The van der Waals surface area contributed by atoms with Gasteiger partial charge in [-0.25, -0.2) is 0 Å². The summed E-state index contributed by atoms with van der Waals surface area (Å²) in [4.78, 5) is 0. The fourth-order valence-electron chi connectivity index (χ4n) is 1.42. The quantitative estimate of drug-likeness (QED) is 0.742. The number of hydrogen-bond donors (Lipinski definition) is 2. The zero-order valence-corrected chi connectivity index (χ0v) is 9.25. The number of anilines is 1. The van der Waals surface area contributed by atoms with Crippen LogP contribution in [0.5, 0.6) is 0 Å². The van der Waals surface area contributed by atoms with Gasteiger partial charge in [-0.05, 0) is 19.4 Å². The van der Waals surface area contributed by atoms with E-state index in [1.807, 2.05) is 24.7 Å². The fraction of sp³-hybridized carbons (Fsp3) is 0.700. The van der Waals surface area contributed by atoms with Crippen molar-refractivity contribution in [1.82, 2.24) is 9.78 Å². The second-order valence-corrected chi connectivity index (χ2v) is 3.69. The van der Waals surface area contributed by atoms with Gasteiger partial charge in [0, 0.05) is 19.7 Å². The molecular weight excluding hydrogens is 176 g/mol. The van der Waals surface area contributed by atoms with Gasteiger partial charge in [-0.15, -0.1) is 0 Å².